The standard InChI is InChI=1S/C12H17FN2O.ClH/c1-14-11-2-3-15(8-11)7-9-4-10(13)6-12(16)5-9;/h4-6,11,14,16H,2-3,7-8H2,1H3;1H. The number of phenols is 1. The fraction of sp³-hybridized carbons (Fsp3) is 0.500. The highest BCUT2D eigenvalue weighted by Gasteiger charge is 2.20. The number of aromatic hydroxyl groups is 1. The first-order chi connectivity index (χ1) is 7.67. The third-order valence-corrected chi connectivity index (χ3v) is 3.03. The summed E-state index contributed by atoms with van der Waals surface area (Å²) in [5, 5.41) is 12.5. The van der Waals surface area contributed by atoms with Gasteiger partial charge in [-0.3, -0.25) is 4.90 Å². The van der Waals surface area contributed by atoms with E-state index in [1.807, 2.05) is 7.05 Å². The number of benzene rings is 1. The van der Waals surface area contributed by atoms with Crippen molar-refractivity contribution in [2.24, 2.45) is 0 Å². The second-order valence-corrected chi connectivity index (χ2v) is 4.33. The van der Waals surface area contributed by atoms with Crippen molar-refractivity contribution in [3.05, 3.63) is 29.6 Å². The molecule has 3 nitrogen and oxygen atoms in total. The molecule has 1 saturated heterocycles. The Balaban J connectivity index is 0.00000144. The summed E-state index contributed by atoms with van der Waals surface area (Å²) in [6.45, 7) is 2.69. The molecular formula is C12H18ClFN2O. The maximum Gasteiger partial charge on any atom is 0.127 e. The molecule has 0 aromatic heterocycles. The summed E-state index contributed by atoms with van der Waals surface area (Å²) in [7, 11) is 1.96. The first kappa shape index (κ1) is 14.2. The summed E-state index contributed by atoms with van der Waals surface area (Å²) in [6, 6.07) is 4.76. The smallest absolute Gasteiger partial charge is 0.127 e. The van der Waals surface area contributed by atoms with E-state index >= 15 is 0 Å². The van der Waals surface area contributed by atoms with E-state index in [9.17, 15) is 9.50 Å². The lowest BCUT2D eigenvalue weighted by Gasteiger charge is -2.16. The monoisotopic (exact) mass is 260 g/mol. The quantitative estimate of drug-likeness (QED) is 0.869. The van der Waals surface area contributed by atoms with Crippen LogP contribution in [0.3, 0.4) is 0 Å². The minimum Gasteiger partial charge on any atom is -0.508 e. The molecule has 0 bridgehead atoms. The van der Waals surface area contributed by atoms with E-state index in [2.05, 4.69) is 10.2 Å². The average Bonchev–Trinajstić information content (AvgIpc) is 2.64. The highest BCUT2D eigenvalue weighted by molar-refractivity contribution is 5.85. The number of rotatable bonds is 3. The van der Waals surface area contributed by atoms with Crippen LogP contribution in [0.15, 0.2) is 18.2 Å². The van der Waals surface area contributed by atoms with Crippen molar-refractivity contribution in [3.63, 3.8) is 0 Å². The van der Waals surface area contributed by atoms with E-state index in [4.69, 9.17) is 0 Å². The molecule has 1 aromatic rings. The zero-order chi connectivity index (χ0) is 11.5. The molecule has 2 N–H and O–H groups in total. The number of nitrogens with zero attached hydrogens (tertiary/aromatic N) is 1. The average molecular weight is 261 g/mol. The van der Waals surface area contributed by atoms with Gasteiger partial charge in [0.1, 0.15) is 11.6 Å². The van der Waals surface area contributed by atoms with Gasteiger partial charge in [0, 0.05) is 31.7 Å². The van der Waals surface area contributed by atoms with Gasteiger partial charge >= 0.3 is 0 Å². The third-order valence-electron chi connectivity index (χ3n) is 3.03. The topological polar surface area (TPSA) is 35.5 Å². The Morgan fingerprint density at radius 3 is 2.82 bits per heavy atom. The summed E-state index contributed by atoms with van der Waals surface area (Å²) in [6.07, 6.45) is 1.12. The highest BCUT2D eigenvalue weighted by atomic mass is 35.5. The van der Waals surface area contributed by atoms with Crippen LogP contribution in [0.5, 0.6) is 5.75 Å². The molecule has 1 atom stereocenters. The van der Waals surface area contributed by atoms with E-state index in [0.717, 1.165) is 31.1 Å². The molecule has 0 radical (unpaired) electrons. The van der Waals surface area contributed by atoms with Gasteiger partial charge in [-0.05, 0) is 31.2 Å². The van der Waals surface area contributed by atoms with E-state index in [1.165, 1.54) is 6.07 Å². The number of nitrogens with one attached hydrogen (secondary N) is 1. The number of hydrogen-bond acceptors (Lipinski definition) is 3. The molecule has 17 heavy (non-hydrogen) atoms. The van der Waals surface area contributed by atoms with Gasteiger partial charge in [-0.1, -0.05) is 0 Å². The molecular weight excluding hydrogens is 243 g/mol. The molecule has 0 aliphatic carbocycles. The van der Waals surface area contributed by atoms with Crippen LogP contribution < -0.4 is 5.32 Å². The lowest BCUT2D eigenvalue weighted by Crippen LogP contribution is -2.29. The van der Waals surface area contributed by atoms with Crippen molar-refractivity contribution in [3.8, 4) is 5.75 Å². The molecule has 1 aliphatic rings. The zero-order valence-electron chi connectivity index (χ0n) is 9.82. The molecule has 1 aromatic carbocycles. The first-order valence-electron chi connectivity index (χ1n) is 5.55. The van der Waals surface area contributed by atoms with Crippen LogP contribution in [0.1, 0.15) is 12.0 Å². The van der Waals surface area contributed by atoms with Crippen LogP contribution in [-0.4, -0.2) is 36.2 Å². The molecule has 2 rings (SSSR count). The zero-order valence-corrected chi connectivity index (χ0v) is 10.6. The van der Waals surface area contributed by atoms with Crippen LogP contribution in [0, 0.1) is 5.82 Å². The maximum atomic E-state index is 13.1. The van der Waals surface area contributed by atoms with Crippen LogP contribution in [0.2, 0.25) is 0 Å². The number of phenolic OH excluding ortho intramolecular Hbond substituents is 1. The number of hydrogen-bond donors (Lipinski definition) is 2. The van der Waals surface area contributed by atoms with Crippen molar-refractivity contribution in [2.75, 3.05) is 20.1 Å². The Hall–Kier alpha value is -0.840. The maximum absolute atomic E-state index is 13.1. The molecule has 96 valence electrons. The minimum absolute atomic E-state index is 0. The van der Waals surface area contributed by atoms with Crippen LogP contribution in [-0.2, 0) is 6.54 Å². The molecule has 1 unspecified atom stereocenters. The highest BCUT2D eigenvalue weighted by Crippen LogP contribution is 2.18. The molecule has 0 saturated carbocycles. The van der Waals surface area contributed by atoms with Gasteiger partial charge in [-0.2, -0.15) is 0 Å². The van der Waals surface area contributed by atoms with Gasteiger partial charge in [0.05, 0.1) is 0 Å². The molecule has 5 heteroatoms. The fourth-order valence-corrected chi connectivity index (χ4v) is 2.19. The Labute approximate surface area is 107 Å². The van der Waals surface area contributed by atoms with E-state index in [0.29, 0.717) is 12.6 Å². The molecule has 1 heterocycles. The van der Waals surface area contributed by atoms with Crippen molar-refractivity contribution in [1.82, 2.24) is 10.2 Å². The largest absolute Gasteiger partial charge is 0.508 e. The van der Waals surface area contributed by atoms with Crippen molar-refractivity contribution in [1.29, 1.82) is 0 Å². The Bertz CT molecular complexity index is 355. The van der Waals surface area contributed by atoms with Crippen LogP contribution >= 0.6 is 12.4 Å². The Morgan fingerprint density at radius 2 is 2.24 bits per heavy atom. The summed E-state index contributed by atoms with van der Waals surface area (Å²) in [4.78, 5) is 2.26. The van der Waals surface area contributed by atoms with Gasteiger partial charge < -0.3 is 10.4 Å². The molecule has 0 spiro atoms. The predicted molar refractivity (Wildman–Crippen MR) is 68.1 cm³/mol. The lowest BCUT2D eigenvalue weighted by atomic mass is 10.2. The van der Waals surface area contributed by atoms with Crippen molar-refractivity contribution >= 4 is 12.4 Å². The number of likely N-dealkylation sites (N-methyl/N-ethyl adjacent to an activating group) is 1. The lowest BCUT2D eigenvalue weighted by molar-refractivity contribution is 0.321. The van der Waals surface area contributed by atoms with Gasteiger partial charge in [0.25, 0.3) is 0 Å². The second-order valence-electron chi connectivity index (χ2n) is 4.33. The fourth-order valence-electron chi connectivity index (χ4n) is 2.19. The normalized spacial score (nSPS) is 20.2. The summed E-state index contributed by atoms with van der Waals surface area (Å²) < 4.78 is 13.1. The summed E-state index contributed by atoms with van der Waals surface area (Å²) >= 11 is 0. The molecule has 1 aliphatic heterocycles. The SMILES string of the molecule is CNC1CCN(Cc2cc(O)cc(F)c2)C1.Cl. The number of halogens is 2. The van der Waals surface area contributed by atoms with Gasteiger partial charge in [-0.25, -0.2) is 4.39 Å². The summed E-state index contributed by atoms with van der Waals surface area (Å²) in [5.41, 5.74) is 0.828. The van der Waals surface area contributed by atoms with E-state index < -0.39 is 0 Å². The van der Waals surface area contributed by atoms with Crippen molar-refractivity contribution < 1.29 is 9.50 Å². The van der Waals surface area contributed by atoms with E-state index in [-0.39, 0.29) is 24.0 Å². The predicted octanol–water partition coefficient (Wildman–Crippen LogP) is 1.75. The first-order valence-corrected chi connectivity index (χ1v) is 5.55. The summed E-state index contributed by atoms with van der Waals surface area (Å²) in [5.74, 6) is -0.376. The van der Waals surface area contributed by atoms with Crippen LogP contribution in [0.4, 0.5) is 4.39 Å². The third kappa shape index (κ3) is 3.84. The molecule has 1 fully saturated rings. The molecule has 0 amide bonds. The van der Waals surface area contributed by atoms with Gasteiger partial charge in [0.15, 0.2) is 0 Å². The number of likely N-dealkylation sites (tertiary alicyclic amines) is 1. The Kier molecular flexibility index (Phi) is 5.18. The Morgan fingerprint density at radius 1 is 1.47 bits per heavy atom. The van der Waals surface area contributed by atoms with Gasteiger partial charge in [0.2, 0.25) is 0 Å². The second kappa shape index (κ2) is 6.19. The van der Waals surface area contributed by atoms with Gasteiger partial charge in [-0.15, -0.1) is 12.4 Å². The van der Waals surface area contributed by atoms with Crippen LogP contribution in [0.25, 0.3) is 0 Å². The minimum atomic E-state index is -0.376. The van der Waals surface area contributed by atoms with E-state index in [1.54, 1.807) is 6.07 Å². The van der Waals surface area contributed by atoms with Crippen molar-refractivity contribution in [2.45, 2.75) is 19.0 Å².